The number of carbonyl (C=O) groups excluding carboxylic acids is 2. The number of hydrogen-bond donors (Lipinski definition) is 0. The molecular weight excluding hydrogens is 264 g/mol. The molecule has 19 heavy (non-hydrogen) atoms. The van der Waals surface area contributed by atoms with E-state index in [0.717, 1.165) is 4.90 Å². The first-order valence-corrected chi connectivity index (χ1v) is 6.07. The molecule has 1 aromatic carbocycles. The summed E-state index contributed by atoms with van der Waals surface area (Å²) in [6.07, 6.45) is 2.93. The van der Waals surface area contributed by atoms with Gasteiger partial charge in [0.1, 0.15) is 0 Å². The average Bonchev–Trinajstić information content (AvgIpc) is 2.65. The van der Waals surface area contributed by atoms with Crippen LogP contribution in [-0.2, 0) is 9.59 Å². The first-order valence-electron chi connectivity index (χ1n) is 5.69. The number of anilines is 1. The van der Waals surface area contributed by atoms with E-state index in [1.807, 2.05) is 0 Å². The van der Waals surface area contributed by atoms with Crippen LogP contribution in [0.1, 0.15) is 6.92 Å². The molecule has 0 saturated carbocycles. The Kier molecular flexibility index (Phi) is 2.61. The molecule has 4 nitrogen and oxygen atoms in total. The largest absolute Gasteiger partial charge is 0.269 e. The number of aromatic nitrogens is 1. The number of rotatable bonds is 1. The van der Waals surface area contributed by atoms with Gasteiger partial charge in [-0.1, -0.05) is 11.6 Å². The lowest BCUT2D eigenvalue weighted by molar-refractivity contribution is -0.120. The first-order chi connectivity index (χ1) is 9.09. The van der Waals surface area contributed by atoms with E-state index in [1.165, 1.54) is 6.08 Å². The van der Waals surface area contributed by atoms with Gasteiger partial charge in [-0.2, -0.15) is 0 Å². The van der Waals surface area contributed by atoms with Crippen LogP contribution in [0.3, 0.4) is 0 Å². The Morgan fingerprint density at radius 2 is 2.00 bits per heavy atom. The zero-order chi connectivity index (χ0) is 13.6. The van der Waals surface area contributed by atoms with E-state index in [1.54, 1.807) is 37.4 Å². The summed E-state index contributed by atoms with van der Waals surface area (Å²) in [6, 6.07) is 6.86. The summed E-state index contributed by atoms with van der Waals surface area (Å²) >= 11 is 6.10. The van der Waals surface area contributed by atoms with E-state index < -0.39 is 0 Å². The molecule has 2 heterocycles. The average molecular weight is 273 g/mol. The number of fused-ring (bicyclic) bond motifs is 1. The zero-order valence-corrected chi connectivity index (χ0v) is 10.8. The minimum absolute atomic E-state index is 0.320. The van der Waals surface area contributed by atoms with Gasteiger partial charge in [-0.25, -0.2) is 4.90 Å². The number of pyridine rings is 1. The zero-order valence-electron chi connectivity index (χ0n) is 10.1. The molecule has 1 aliphatic rings. The van der Waals surface area contributed by atoms with Crippen LogP contribution in [0.5, 0.6) is 0 Å². The third-order valence-electron chi connectivity index (χ3n) is 3.04. The van der Waals surface area contributed by atoms with Gasteiger partial charge in [-0.15, -0.1) is 0 Å². The minimum Gasteiger partial charge on any atom is -0.269 e. The predicted octanol–water partition coefficient (Wildman–Crippen LogP) is 2.71. The Bertz CT molecular complexity index is 752. The van der Waals surface area contributed by atoms with Gasteiger partial charge in [-0.05, 0) is 31.2 Å². The highest BCUT2D eigenvalue weighted by Crippen LogP contribution is 2.32. The van der Waals surface area contributed by atoms with Crippen LogP contribution in [0.2, 0.25) is 5.02 Å². The molecule has 2 amide bonds. The molecule has 0 unspecified atom stereocenters. The van der Waals surface area contributed by atoms with E-state index in [2.05, 4.69) is 4.98 Å². The number of halogens is 1. The smallest absolute Gasteiger partial charge is 0.261 e. The maximum Gasteiger partial charge on any atom is 0.261 e. The van der Waals surface area contributed by atoms with Gasteiger partial charge in [0.2, 0.25) is 0 Å². The SMILES string of the molecule is CC1=CC(=O)N(c2ccc(Cl)c3cccnc23)C1=O. The Morgan fingerprint density at radius 1 is 1.21 bits per heavy atom. The highest BCUT2D eigenvalue weighted by Gasteiger charge is 2.31. The van der Waals surface area contributed by atoms with Crippen molar-refractivity contribution in [1.82, 2.24) is 4.98 Å². The third-order valence-corrected chi connectivity index (χ3v) is 3.37. The summed E-state index contributed by atoms with van der Waals surface area (Å²) in [4.78, 5) is 29.3. The highest BCUT2D eigenvalue weighted by molar-refractivity contribution is 6.37. The second-order valence-electron chi connectivity index (χ2n) is 4.27. The Labute approximate surface area is 114 Å². The predicted molar refractivity (Wildman–Crippen MR) is 73.0 cm³/mol. The Hall–Kier alpha value is -2.20. The van der Waals surface area contributed by atoms with Gasteiger partial charge in [-0.3, -0.25) is 14.6 Å². The monoisotopic (exact) mass is 272 g/mol. The Balaban J connectivity index is 2.25. The second-order valence-corrected chi connectivity index (χ2v) is 4.68. The summed E-state index contributed by atoms with van der Waals surface area (Å²) < 4.78 is 0. The highest BCUT2D eigenvalue weighted by atomic mass is 35.5. The quantitative estimate of drug-likeness (QED) is 0.750. The van der Waals surface area contributed by atoms with Crippen molar-refractivity contribution in [2.75, 3.05) is 4.90 Å². The van der Waals surface area contributed by atoms with Crippen molar-refractivity contribution in [3.8, 4) is 0 Å². The molecule has 1 aromatic heterocycles. The van der Waals surface area contributed by atoms with Crippen LogP contribution in [0.25, 0.3) is 10.9 Å². The molecule has 0 fully saturated rings. The van der Waals surface area contributed by atoms with E-state index >= 15 is 0 Å². The van der Waals surface area contributed by atoms with Gasteiger partial charge >= 0.3 is 0 Å². The topological polar surface area (TPSA) is 50.3 Å². The molecule has 0 saturated heterocycles. The molecule has 0 spiro atoms. The molecule has 1 aliphatic heterocycles. The van der Waals surface area contributed by atoms with E-state index in [-0.39, 0.29) is 11.8 Å². The maximum absolute atomic E-state index is 12.0. The summed E-state index contributed by atoms with van der Waals surface area (Å²) in [6.45, 7) is 1.62. The number of amides is 2. The third kappa shape index (κ3) is 1.72. The molecule has 0 aliphatic carbocycles. The lowest BCUT2D eigenvalue weighted by Crippen LogP contribution is -2.30. The molecule has 3 rings (SSSR count). The normalized spacial score (nSPS) is 15.3. The lowest BCUT2D eigenvalue weighted by Gasteiger charge is -2.16. The van der Waals surface area contributed by atoms with Crippen molar-refractivity contribution < 1.29 is 9.59 Å². The van der Waals surface area contributed by atoms with Gasteiger partial charge in [0, 0.05) is 23.2 Å². The minimum atomic E-state index is -0.350. The van der Waals surface area contributed by atoms with Crippen LogP contribution in [0.15, 0.2) is 42.1 Å². The van der Waals surface area contributed by atoms with Crippen molar-refractivity contribution in [2.24, 2.45) is 0 Å². The molecule has 5 heteroatoms. The van der Waals surface area contributed by atoms with Crippen molar-refractivity contribution in [1.29, 1.82) is 0 Å². The van der Waals surface area contributed by atoms with Crippen molar-refractivity contribution in [2.45, 2.75) is 6.92 Å². The second kappa shape index (κ2) is 4.17. The van der Waals surface area contributed by atoms with Crippen LogP contribution >= 0.6 is 11.6 Å². The van der Waals surface area contributed by atoms with Crippen LogP contribution in [0.4, 0.5) is 5.69 Å². The number of benzene rings is 1. The summed E-state index contributed by atoms with van der Waals surface area (Å²) in [5, 5.41) is 1.25. The van der Waals surface area contributed by atoms with Gasteiger partial charge < -0.3 is 0 Å². The standard InChI is InChI=1S/C14H9ClN2O2/c1-8-7-12(18)17(14(8)19)11-5-4-10(15)9-3-2-6-16-13(9)11/h2-7H,1H3. The fourth-order valence-electron chi connectivity index (χ4n) is 2.12. The van der Waals surface area contributed by atoms with Gasteiger partial charge in [0.05, 0.1) is 16.2 Å². The van der Waals surface area contributed by atoms with E-state index in [9.17, 15) is 9.59 Å². The maximum atomic E-state index is 12.0. The summed E-state index contributed by atoms with van der Waals surface area (Å²) in [5.74, 6) is -0.670. The fourth-order valence-corrected chi connectivity index (χ4v) is 2.33. The molecule has 94 valence electrons. The molecule has 0 radical (unpaired) electrons. The van der Waals surface area contributed by atoms with Gasteiger partial charge in [0.15, 0.2) is 0 Å². The number of nitrogens with zero attached hydrogens (tertiary/aromatic N) is 2. The summed E-state index contributed by atoms with van der Waals surface area (Å²) in [5.41, 5.74) is 1.42. The molecule has 0 N–H and O–H groups in total. The van der Waals surface area contributed by atoms with Crippen LogP contribution in [0, 0.1) is 0 Å². The number of imide groups is 1. The summed E-state index contributed by atoms with van der Waals surface area (Å²) in [7, 11) is 0. The molecule has 0 atom stereocenters. The fraction of sp³-hybridized carbons (Fsp3) is 0.0714. The van der Waals surface area contributed by atoms with Crippen LogP contribution < -0.4 is 4.90 Å². The molecule has 0 bridgehead atoms. The van der Waals surface area contributed by atoms with Crippen LogP contribution in [-0.4, -0.2) is 16.8 Å². The van der Waals surface area contributed by atoms with E-state index in [0.29, 0.717) is 27.2 Å². The molecule has 2 aromatic rings. The first kappa shape index (κ1) is 11.9. The Morgan fingerprint density at radius 3 is 2.68 bits per heavy atom. The number of carbonyl (C=O) groups is 2. The molecular formula is C14H9ClN2O2. The van der Waals surface area contributed by atoms with Crippen molar-refractivity contribution >= 4 is 40.0 Å². The number of hydrogen-bond acceptors (Lipinski definition) is 3. The van der Waals surface area contributed by atoms with E-state index in [4.69, 9.17) is 11.6 Å². The lowest BCUT2D eigenvalue weighted by atomic mass is 10.1. The van der Waals surface area contributed by atoms with Gasteiger partial charge in [0.25, 0.3) is 11.8 Å². The van der Waals surface area contributed by atoms with Crippen molar-refractivity contribution in [3.05, 3.63) is 47.1 Å². The van der Waals surface area contributed by atoms with Crippen molar-refractivity contribution in [3.63, 3.8) is 0 Å².